The summed E-state index contributed by atoms with van der Waals surface area (Å²) in [4.78, 5) is 0. The first-order valence-electron chi connectivity index (χ1n) is 3.81. The molecule has 11 heavy (non-hydrogen) atoms. The second kappa shape index (κ2) is 4.16. The Morgan fingerprint density at radius 2 is 2.55 bits per heavy atom. The number of furan rings is 1. The summed E-state index contributed by atoms with van der Waals surface area (Å²) in [6.45, 7) is 2.04. The van der Waals surface area contributed by atoms with E-state index in [9.17, 15) is 0 Å². The molecule has 1 heterocycles. The van der Waals surface area contributed by atoms with Crippen LogP contribution in [0.5, 0.6) is 0 Å². The summed E-state index contributed by atoms with van der Waals surface area (Å²) in [5.41, 5.74) is 2.69. The van der Waals surface area contributed by atoms with Crippen LogP contribution >= 0.6 is 0 Å². The minimum atomic E-state index is 0.347. The Balaban J connectivity index is 2.23. The Bertz CT molecular complexity index is 184. The maximum Gasteiger partial charge on any atom is 0.103 e. The summed E-state index contributed by atoms with van der Waals surface area (Å²) in [5, 5.41) is 0. The van der Waals surface area contributed by atoms with E-state index in [1.807, 2.05) is 19.1 Å². The van der Waals surface area contributed by atoms with Crippen LogP contribution in [-0.2, 0) is 6.42 Å². The molecule has 1 unspecified atom stereocenters. The third-order valence-corrected chi connectivity index (χ3v) is 1.69. The van der Waals surface area contributed by atoms with E-state index in [0.29, 0.717) is 6.04 Å². The highest BCUT2D eigenvalue weighted by molar-refractivity contribution is 4.98. The molecule has 1 rings (SSSR count). The molecular formula is C8H14N2O. The molecule has 0 fully saturated rings. The molecule has 1 aromatic heterocycles. The van der Waals surface area contributed by atoms with Crippen LogP contribution < -0.4 is 11.3 Å². The van der Waals surface area contributed by atoms with Gasteiger partial charge in [-0.3, -0.25) is 11.3 Å². The fourth-order valence-electron chi connectivity index (χ4n) is 0.897. The minimum Gasteiger partial charge on any atom is -0.469 e. The number of rotatable bonds is 4. The van der Waals surface area contributed by atoms with Crippen LogP contribution in [0, 0.1) is 0 Å². The second-order valence-electron chi connectivity index (χ2n) is 2.69. The lowest BCUT2D eigenvalue weighted by Crippen LogP contribution is -2.32. The van der Waals surface area contributed by atoms with Gasteiger partial charge in [0.05, 0.1) is 6.26 Å². The molecule has 3 nitrogen and oxygen atoms in total. The maximum atomic E-state index is 5.23. The minimum absolute atomic E-state index is 0.347. The lowest BCUT2D eigenvalue weighted by molar-refractivity contribution is 0.466. The average Bonchev–Trinajstić information content (AvgIpc) is 2.52. The summed E-state index contributed by atoms with van der Waals surface area (Å²) in [5.74, 6) is 6.25. The van der Waals surface area contributed by atoms with Gasteiger partial charge in [0.25, 0.3) is 0 Å². The molecular weight excluding hydrogens is 140 g/mol. The largest absolute Gasteiger partial charge is 0.469 e. The zero-order chi connectivity index (χ0) is 8.10. The maximum absolute atomic E-state index is 5.23. The highest BCUT2D eigenvalue weighted by Crippen LogP contribution is 2.04. The van der Waals surface area contributed by atoms with Crippen LogP contribution in [-0.4, -0.2) is 6.04 Å². The monoisotopic (exact) mass is 154 g/mol. The summed E-state index contributed by atoms with van der Waals surface area (Å²) >= 11 is 0. The Hall–Kier alpha value is -0.800. The van der Waals surface area contributed by atoms with Crippen LogP contribution in [0.3, 0.4) is 0 Å². The molecule has 0 aliphatic heterocycles. The first-order chi connectivity index (χ1) is 5.33. The molecule has 0 saturated heterocycles. The molecule has 0 amide bonds. The molecule has 0 bridgehead atoms. The predicted octanol–water partition coefficient (Wildman–Crippen LogP) is 1.06. The molecule has 0 spiro atoms. The average molecular weight is 154 g/mol. The van der Waals surface area contributed by atoms with E-state index in [2.05, 4.69) is 5.43 Å². The summed E-state index contributed by atoms with van der Waals surface area (Å²) < 4.78 is 5.16. The van der Waals surface area contributed by atoms with Crippen LogP contribution in [0.15, 0.2) is 22.8 Å². The first kappa shape index (κ1) is 8.30. The first-order valence-corrected chi connectivity index (χ1v) is 3.81. The molecule has 1 atom stereocenters. The van der Waals surface area contributed by atoms with E-state index in [0.717, 1.165) is 18.6 Å². The molecule has 0 aliphatic carbocycles. The van der Waals surface area contributed by atoms with Crippen molar-refractivity contribution in [3.8, 4) is 0 Å². The number of nitrogens with one attached hydrogen (secondary N) is 1. The SMILES string of the molecule is CC(CCc1ccco1)NN. The second-order valence-corrected chi connectivity index (χ2v) is 2.69. The standard InChI is InChI=1S/C8H14N2O/c1-7(10-9)4-5-8-3-2-6-11-8/h2-3,6-7,10H,4-5,9H2,1H3. The molecule has 0 saturated carbocycles. The van der Waals surface area contributed by atoms with Crippen molar-refractivity contribution in [2.24, 2.45) is 5.84 Å². The van der Waals surface area contributed by atoms with Crippen molar-refractivity contribution < 1.29 is 4.42 Å². The van der Waals surface area contributed by atoms with Crippen molar-refractivity contribution in [3.63, 3.8) is 0 Å². The lowest BCUT2D eigenvalue weighted by atomic mass is 10.1. The topological polar surface area (TPSA) is 51.2 Å². The van der Waals surface area contributed by atoms with E-state index in [1.165, 1.54) is 0 Å². The van der Waals surface area contributed by atoms with Crippen molar-refractivity contribution in [2.75, 3.05) is 0 Å². The normalized spacial score (nSPS) is 13.3. The molecule has 3 N–H and O–H groups in total. The van der Waals surface area contributed by atoms with Gasteiger partial charge < -0.3 is 4.42 Å². The lowest BCUT2D eigenvalue weighted by Gasteiger charge is -2.06. The summed E-state index contributed by atoms with van der Waals surface area (Å²) in [6.07, 6.45) is 3.64. The predicted molar refractivity (Wildman–Crippen MR) is 43.8 cm³/mol. The van der Waals surface area contributed by atoms with Crippen LogP contribution in [0.4, 0.5) is 0 Å². The Labute approximate surface area is 66.5 Å². The van der Waals surface area contributed by atoms with Gasteiger partial charge >= 0.3 is 0 Å². The highest BCUT2D eigenvalue weighted by Gasteiger charge is 2.00. The Morgan fingerprint density at radius 3 is 3.09 bits per heavy atom. The van der Waals surface area contributed by atoms with E-state index in [-0.39, 0.29) is 0 Å². The highest BCUT2D eigenvalue weighted by atomic mass is 16.3. The van der Waals surface area contributed by atoms with E-state index in [4.69, 9.17) is 10.3 Å². The molecule has 62 valence electrons. The van der Waals surface area contributed by atoms with Crippen molar-refractivity contribution in [1.82, 2.24) is 5.43 Å². The number of nitrogens with two attached hydrogens (primary N) is 1. The Morgan fingerprint density at radius 1 is 1.73 bits per heavy atom. The van der Waals surface area contributed by atoms with Crippen LogP contribution in [0.1, 0.15) is 19.1 Å². The zero-order valence-electron chi connectivity index (χ0n) is 6.71. The van der Waals surface area contributed by atoms with E-state index < -0.39 is 0 Å². The van der Waals surface area contributed by atoms with Gasteiger partial charge in [0, 0.05) is 12.5 Å². The van der Waals surface area contributed by atoms with Crippen molar-refractivity contribution >= 4 is 0 Å². The van der Waals surface area contributed by atoms with Gasteiger partial charge in [0.2, 0.25) is 0 Å². The molecule has 3 heteroatoms. The van der Waals surface area contributed by atoms with Gasteiger partial charge in [0.15, 0.2) is 0 Å². The van der Waals surface area contributed by atoms with Crippen molar-refractivity contribution in [3.05, 3.63) is 24.2 Å². The van der Waals surface area contributed by atoms with E-state index in [1.54, 1.807) is 6.26 Å². The molecule has 0 aliphatic rings. The molecule has 0 radical (unpaired) electrons. The van der Waals surface area contributed by atoms with Gasteiger partial charge in [-0.25, -0.2) is 0 Å². The quantitative estimate of drug-likeness (QED) is 0.503. The van der Waals surface area contributed by atoms with Gasteiger partial charge in [-0.2, -0.15) is 0 Å². The fraction of sp³-hybridized carbons (Fsp3) is 0.500. The fourth-order valence-corrected chi connectivity index (χ4v) is 0.897. The number of hydrazine groups is 1. The summed E-state index contributed by atoms with van der Waals surface area (Å²) in [6, 6.07) is 4.22. The molecule has 0 aromatic carbocycles. The smallest absolute Gasteiger partial charge is 0.103 e. The summed E-state index contributed by atoms with van der Waals surface area (Å²) in [7, 11) is 0. The van der Waals surface area contributed by atoms with Crippen molar-refractivity contribution in [1.29, 1.82) is 0 Å². The van der Waals surface area contributed by atoms with Crippen LogP contribution in [0.25, 0.3) is 0 Å². The van der Waals surface area contributed by atoms with Gasteiger partial charge in [-0.15, -0.1) is 0 Å². The van der Waals surface area contributed by atoms with E-state index >= 15 is 0 Å². The molecule has 1 aromatic rings. The number of hydrogen-bond donors (Lipinski definition) is 2. The van der Waals surface area contributed by atoms with Gasteiger partial charge in [0.1, 0.15) is 5.76 Å². The van der Waals surface area contributed by atoms with Gasteiger partial charge in [-0.05, 0) is 25.5 Å². The Kier molecular flexibility index (Phi) is 3.14. The zero-order valence-corrected chi connectivity index (χ0v) is 6.71. The van der Waals surface area contributed by atoms with Crippen molar-refractivity contribution in [2.45, 2.75) is 25.8 Å². The third kappa shape index (κ3) is 2.74. The number of hydrogen-bond acceptors (Lipinski definition) is 3. The van der Waals surface area contributed by atoms with Crippen LogP contribution in [0.2, 0.25) is 0 Å². The third-order valence-electron chi connectivity index (χ3n) is 1.69. The number of aryl methyl sites for hydroxylation is 1. The van der Waals surface area contributed by atoms with Gasteiger partial charge in [-0.1, -0.05) is 0 Å².